The van der Waals surface area contributed by atoms with Gasteiger partial charge >= 0.3 is 5.97 Å². The molecule has 3 heterocycles. The summed E-state index contributed by atoms with van der Waals surface area (Å²) in [7, 11) is 0. The van der Waals surface area contributed by atoms with Gasteiger partial charge in [0.2, 0.25) is 0 Å². The van der Waals surface area contributed by atoms with Crippen molar-refractivity contribution in [1.29, 1.82) is 0 Å². The van der Waals surface area contributed by atoms with E-state index in [1.54, 1.807) is 28.7 Å². The Morgan fingerprint density at radius 1 is 1.19 bits per heavy atom. The molecule has 5 rings (SSSR count). The number of halogens is 1. The Hall–Kier alpha value is -3.42. The number of nitrogens with zero attached hydrogens (tertiary/aromatic N) is 2. The maximum Gasteiger partial charge on any atom is 0.337 e. The summed E-state index contributed by atoms with van der Waals surface area (Å²) in [5.41, 5.74) is 4.18. The van der Waals surface area contributed by atoms with Crippen molar-refractivity contribution in [1.82, 2.24) is 9.38 Å². The Morgan fingerprint density at radius 3 is 2.77 bits per heavy atom. The Balaban J connectivity index is 1.60. The third kappa shape index (κ3) is 3.22. The van der Waals surface area contributed by atoms with Gasteiger partial charge in [-0.05, 0) is 61.4 Å². The lowest BCUT2D eigenvalue weighted by Gasteiger charge is -2.01. The van der Waals surface area contributed by atoms with Crippen LogP contribution in [0.5, 0.6) is 0 Å². The van der Waals surface area contributed by atoms with E-state index in [2.05, 4.69) is 4.98 Å². The molecule has 0 saturated carbocycles. The van der Waals surface area contributed by atoms with Crippen LogP contribution in [0.15, 0.2) is 51.7 Å². The number of imidazole rings is 1. The van der Waals surface area contributed by atoms with E-state index in [1.807, 2.05) is 26.0 Å². The highest BCUT2D eigenvalue weighted by Crippen LogP contribution is 2.27. The second kappa shape index (κ2) is 7.08. The number of carboxylic acid groups (broad SMARTS) is 1. The monoisotopic (exact) mass is 450 g/mol. The Kier molecular flexibility index (Phi) is 4.46. The van der Waals surface area contributed by atoms with Crippen LogP contribution in [0.25, 0.3) is 33.4 Å². The first-order valence-electron chi connectivity index (χ1n) is 9.39. The van der Waals surface area contributed by atoms with E-state index in [4.69, 9.17) is 16.0 Å². The first-order chi connectivity index (χ1) is 14.8. The average Bonchev–Trinajstić information content (AvgIpc) is 3.39. The highest BCUT2D eigenvalue weighted by Gasteiger charge is 2.15. The minimum atomic E-state index is -1.11. The zero-order valence-electron chi connectivity index (χ0n) is 16.5. The molecular weight excluding hydrogens is 436 g/mol. The number of aryl methyl sites for hydroxylation is 2. The molecule has 0 aliphatic heterocycles. The largest absolute Gasteiger partial charge is 0.478 e. The van der Waals surface area contributed by atoms with E-state index in [0.29, 0.717) is 26.6 Å². The molecule has 5 aromatic rings. The number of aromatic carboxylic acids is 1. The molecule has 31 heavy (non-hydrogen) atoms. The number of hydrogen-bond acceptors (Lipinski definition) is 5. The van der Waals surface area contributed by atoms with Gasteiger partial charge in [-0.15, -0.1) is 0 Å². The number of carboxylic acids is 1. The predicted octanol–water partition coefficient (Wildman–Crippen LogP) is 4.69. The van der Waals surface area contributed by atoms with Crippen LogP contribution in [0.1, 0.15) is 27.2 Å². The van der Waals surface area contributed by atoms with Crippen LogP contribution in [0.2, 0.25) is 5.02 Å². The first kappa shape index (κ1) is 19.5. The van der Waals surface area contributed by atoms with Crippen molar-refractivity contribution in [3.8, 4) is 11.3 Å². The van der Waals surface area contributed by atoms with Crippen molar-refractivity contribution in [2.24, 2.45) is 0 Å². The van der Waals surface area contributed by atoms with Crippen LogP contribution in [-0.4, -0.2) is 20.5 Å². The molecule has 0 atom stereocenters. The molecule has 0 saturated heterocycles. The van der Waals surface area contributed by atoms with Gasteiger partial charge in [0, 0.05) is 11.6 Å². The summed E-state index contributed by atoms with van der Waals surface area (Å²) in [4.78, 5) is 29.6. The van der Waals surface area contributed by atoms with Gasteiger partial charge in [-0.2, -0.15) is 0 Å². The summed E-state index contributed by atoms with van der Waals surface area (Å²) in [5, 5.41) is 9.42. The normalized spacial score (nSPS) is 12.3. The van der Waals surface area contributed by atoms with Crippen molar-refractivity contribution in [3.05, 3.63) is 84.8 Å². The molecule has 0 aliphatic carbocycles. The molecule has 0 unspecified atom stereocenters. The summed E-state index contributed by atoms with van der Waals surface area (Å²) in [6.07, 6.45) is 1.67. The molecule has 0 aliphatic rings. The molecule has 2 aromatic carbocycles. The topological polar surface area (TPSA) is 84.8 Å². The van der Waals surface area contributed by atoms with Crippen molar-refractivity contribution in [2.45, 2.75) is 13.8 Å². The minimum absolute atomic E-state index is 0.000105. The molecule has 8 heteroatoms. The molecule has 0 amide bonds. The van der Waals surface area contributed by atoms with Gasteiger partial charge < -0.3 is 9.52 Å². The number of fused-ring (bicyclic) bond motifs is 3. The van der Waals surface area contributed by atoms with Crippen molar-refractivity contribution in [3.63, 3.8) is 0 Å². The lowest BCUT2D eigenvalue weighted by atomic mass is 10.1. The maximum atomic E-state index is 13.0. The van der Waals surface area contributed by atoms with Gasteiger partial charge in [-0.25, -0.2) is 14.2 Å². The van der Waals surface area contributed by atoms with Crippen molar-refractivity contribution < 1.29 is 14.3 Å². The summed E-state index contributed by atoms with van der Waals surface area (Å²) >= 11 is 7.24. The molecular formula is C23H15ClN2O4S. The molecule has 0 spiro atoms. The summed E-state index contributed by atoms with van der Waals surface area (Å²) in [6.45, 7) is 3.98. The second-order valence-corrected chi connectivity index (χ2v) is 8.71. The smallest absolute Gasteiger partial charge is 0.337 e. The standard InChI is InChI=1S/C23H15ClN2O4S/c1-11-7-12(2)20-17(8-11)26-21(27)19(31-23(26)25-20)10-14-4-6-18(30-14)13-3-5-16(24)15(9-13)22(28)29/h3-10H,1-2H3,(H,28,29). The summed E-state index contributed by atoms with van der Waals surface area (Å²) in [6, 6.07) is 12.1. The second-order valence-electron chi connectivity index (χ2n) is 7.30. The van der Waals surface area contributed by atoms with Crippen LogP contribution in [0, 0.1) is 13.8 Å². The van der Waals surface area contributed by atoms with Crippen molar-refractivity contribution in [2.75, 3.05) is 0 Å². The van der Waals surface area contributed by atoms with E-state index in [0.717, 1.165) is 22.2 Å². The number of rotatable bonds is 3. The molecule has 0 fully saturated rings. The fraction of sp³-hybridized carbons (Fsp3) is 0.0870. The number of carbonyl (C=O) groups is 1. The van der Waals surface area contributed by atoms with E-state index in [1.165, 1.54) is 23.5 Å². The van der Waals surface area contributed by atoms with E-state index >= 15 is 0 Å². The number of aromatic nitrogens is 2. The molecule has 154 valence electrons. The first-order valence-corrected chi connectivity index (χ1v) is 10.6. The van der Waals surface area contributed by atoms with Gasteiger partial charge in [0.15, 0.2) is 4.96 Å². The maximum absolute atomic E-state index is 13.0. The lowest BCUT2D eigenvalue weighted by molar-refractivity contribution is 0.0697. The molecule has 6 nitrogen and oxygen atoms in total. The molecule has 3 aromatic heterocycles. The quantitative estimate of drug-likeness (QED) is 0.431. The highest BCUT2D eigenvalue weighted by molar-refractivity contribution is 7.15. The summed E-state index contributed by atoms with van der Waals surface area (Å²) in [5.74, 6) is -0.142. The molecule has 0 bridgehead atoms. The fourth-order valence-corrected chi connectivity index (χ4v) is 4.83. The third-order valence-electron chi connectivity index (χ3n) is 5.06. The van der Waals surface area contributed by atoms with Gasteiger partial charge in [-0.3, -0.25) is 4.79 Å². The summed E-state index contributed by atoms with van der Waals surface area (Å²) < 4.78 is 7.99. The fourth-order valence-electron chi connectivity index (χ4n) is 3.67. The minimum Gasteiger partial charge on any atom is -0.478 e. The van der Waals surface area contributed by atoms with Gasteiger partial charge in [0.25, 0.3) is 5.56 Å². The third-order valence-corrected chi connectivity index (χ3v) is 6.36. The SMILES string of the molecule is Cc1cc(C)c2nc3sc(=Cc4ccc(-c5ccc(Cl)c(C(=O)O)c5)o4)c(=O)n3c2c1. The van der Waals surface area contributed by atoms with Gasteiger partial charge in [0.1, 0.15) is 16.1 Å². The van der Waals surface area contributed by atoms with Crippen molar-refractivity contribution >= 4 is 51.0 Å². The van der Waals surface area contributed by atoms with Gasteiger partial charge in [0.05, 0.1) is 21.6 Å². The zero-order chi connectivity index (χ0) is 21.9. The Labute approximate surface area is 184 Å². The number of furan rings is 1. The molecule has 0 radical (unpaired) electrons. The molecule has 1 N–H and O–H groups in total. The van der Waals surface area contributed by atoms with E-state index in [9.17, 15) is 14.7 Å². The number of hydrogen-bond donors (Lipinski definition) is 1. The zero-order valence-corrected chi connectivity index (χ0v) is 18.0. The van der Waals surface area contributed by atoms with Crippen LogP contribution in [0.4, 0.5) is 0 Å². The predicted molar refractivity (Wildman–Crippen MR) is 121 cm³/mol. The highest BCUT2D eigenvalue weighted by atomic mass is 35.5. The number of benzene rings is 2. The lowest BCUT2D eigenvalue weighted by Crippen LogP contribution is -2.22. The van der Waals surface area contributed by atoms with Crippen LogP contribution in [0.3, 0.4) is 0 Å². The Bertz CT molecular complexity index is 1630. The van der Waals surface area contributed by atoms with Gasteiger partial charge in [-0.1, -0.05) is 29.0 Å². The van der Waals surface area contributed by atoms with Crippen LogP contribution >= 0.6 is 22.9 Å². The Morgan fingerprint density at radius 2 is 2.00 bits per heavy atom. The van der Waals surface area contributed by atoms with E-state index < -0.39 is 5.97 Å². The van der Waals surface area contributed by atoms with E-state index in [-0.39, 0.29) is 16.1 Å². The van der Waals surface area contributed by atoms with Crippen LogP contribution in [-0.2, 0) is 0 Å². The average molecular weight is 451 g/mol. The number of thiazole rings is 1. The van der Waals surface area contributed by atoms with Crippen LogP contribution < -0.4 is 10.1 Å².